The largest absolute Gasteiger partial charge is 0.371 e. The van der Waals surface area contributed by atoms with Crippen LogP contribution in [0.5, 0.6) is 0 Å². The second kappa shape index (κ2) is 2.48. The van der Waals surface area contributed by atoms with Gasteiger partial charge in [-0.2, -0.15) is 0 Å². The summed E-state index contributed by atoms with van der Waals surface area (Å²) >= 11 is 0. The molecule has 0 aliphatic carbocycles. The van der Waals surface area contributed by atoms with Crippen molar-refractivity contribution in [1.29, 1.82) is 0 Å². The number of anilines is 1. The summed E-state index contributed by atoms with van der Waals surface area (Å²) in [6, 6.07) is 2.00. The summed E-state index contributed by atoms with van der Waals surface area (Å²) in [4.78, 5) is 4.13. The molecule has 0 radical (unpaired) electrons. The van der Waals surface area contributed by atoms with Crippen molar-refractivity contribution in [3.63, 3.8) is 0 Å². The minimum Gasteiger partial charge on any atom is -0.371 e. The maximum absolute atomic E-state index is 4.30. The predicted octanol–water partition coefficient (Wildman–Crippen LogP) is 1.08. The summed E-state index contributed by atoms with van der Waals surface area (Å²) in [5.41, 5.74) is 1.99. The topological polar surface area (TPSA) is 42.2 Å². The van der Waals surface area contributed by atoms with Crippen molar-refractivity contribution in [2.45, 2.75) is 6.92 Å². The molecule has 4 nitrogen and oxygen atoms in total. The van der Waals surface area contributed by atoms with Crippen LogP contribution in [-0.2, 0) is 0 Å². The molecule has 0 aliphatic heterocycles. The van der Waals surface area contributed by atoms with Crippen molar-refractivity contribution in [3.8, 4) is 0 Å². The molecule has 0 saturated heterocycles. The fraction of sp³-hybridized carbons (Fsp3) is 0.250. The third kappa shape index (κ3) is 0.922. The van der Waals surface area contributed by atoms with E-state index in [9.17, 15) is 0 Å². The van der Waals surface area contributed by atoms with Crippen LogP contribution in [0.2, 0.25) is 0 Å². The Morgan fingerprint density at radius 3 is 3.08 bits per heavy atom. The van der Waals surface area contributed by atoms with Gasteiger partial charge in [-0.1, -0.05) is 0 Å². The number of aromatic nitrogens is 3. The normalized spacial score (nSPS) is 10.5. The van der Waals surface area contributed by atoms with Crippen LogP contribution in [0.3, 0.4) is 0 Å². The summed E-state index contributed by atoms with van der Waals surface area (Å²) in [5, 5.41) is 7.31. The molecular weight excluding hydrogens is 152 g/mol. The molecule has 0 aliphatic rings. The van der Waals surface area contributed by atoms with Crippen LogP contribution in [0, 0.1) is 6.92 Å². The molecule has 2 heterocycles. The SMILES string of the molecule is CNc1nn2ccnc2cc1C. The highest BCUT2D eigenvalue weighted by Gasteiger charge is 2.00. The molecule has 0 unspecified atom stereocenters. The number of hydrogen-bond donors (Lipinski definition) is 1. The molecule has 0 atom stereocenters. The van der Waals surface area contributed by atoms with Crippen LogP contribution in [0.1, 0.15) is 5.56 Å². The first-order valence-electron chi connectivity index (χ1n) is 3.80. The van der Waals surface area contributed by atoms with Gasteiger partial charge in [-0.05, 0) is 18.6 Å². The van der Waals surface area contributed by atoms with Crippen molar-refractivity contribution < 1.29 is 0 Å². The first-order valence-corrected chi connectivity index (χ1v) is 3.80. The Balaban J connectivity index is 2.73. The van der Waals surface area contributed by atoms with Gasteiger partial charge in [0.05, 0.1) is 0 Å². The highest BCUT2D eigenvalue weighted by molar-refractivity contribution is 5.50. The predicted molar refractivity (Wildman–Crippen MR) is 47.3 cm³/mol. The fourth-order valence-electron chi connectivity index (χ4n) is 1.19. The lowest BCUT2D eigenvalue weighted by Crippen LogP contribution is -2.00. The third-order valence-electron chi connectivity index (χ3n) is 1.81. The number of imidazole rings is 1. The molecule has 0 aromatic carbocycles. The van der Waals surface area contributed by atoms with E-state index in [-0.39, 0.29) is 0 Å². The minimum atomic E-state index is 0.881. The maximum Gasteiger partial charge on any atom is 0.153 e. The molecule has 1 N–H and O–H groups in total. The highest BCUT2D eigenvalue weighted by Crippen LogP contribution is 2.11. The highest BCUT2D eigenvalue weighted by atomic mass is 15.3. The lowest BCUT2D eigenvalue weighted by atomic mass is 10.3. The first kappa shape index (κ1) is 7.09. The molecule has 0 spiro atoms. The van der Waals surface area contributed by atoms with Gasteiger partial charge in [-0.25, -0.2) is 9.50 Å². The lowest BCUT2D eigenvalue weighted by molar-refractivity contribution is 0.930. The van der Waals surface area contributed by atoms with Crippen LogP contribution in [-0.4, -0.2) is 21.6 Å². The number of nitrogens with one attached hydrogen (secondary N) is 1. The number of rotatable bonds is 1. The summed E-state index contributed by atoms with van der Waals surface area (Å²) in [6.45, 7) is 2.01. The zero-order chi connectivity index (χ0) is 8.55. The number of nitrogens with zero attached hydrogens (tertiary/aromatic N) is 3. The number of fused-ring (bicyclic) bond motifs is 1. The Bertz CT molecular complexity index is 404. The molecule has 0 amide bonds. The quantitative estimate of drug-likeness (QED) is 0.682. The van der Waals surface area contributed by atoms with Gasteiger partial charge in [0.1, 0.15) is 5.82 Å². The molecule has 2 aromatic heterocycles. The van der Waals surface area contributed by atoms with E-state index in [1.165, 1.54) is 0 Å². The van der Waals surface area contributed by atoms with Crippen molar-refractivity contribution in [1.82, 2.24) is 14.6 Å². The average Bonchev–Trinajstić information content (AvgIpc) is 2.49. The molecule has 0 bridgehead atoms. The van der Waals surface area contributed by atoms with Crippen LogP contribution < -0.4 is 5.32 Å². The smallest absolute Gasteiger partial charge is 0.153 e. The standard InChI is InChI=1S/C8H10N4/c1-6-5-7-10-3-4-12(7)11-8(6)9-2/h3-5H,1-2H3,(H,9,11). The van der Waals surface area contributed by atoms with Crippen LogP contribution in [0.15, 0.2) is 18.5 Å². The van der Waals surface area contributed by atoms with E-state index in [2.05, 4.69) is 15.4 Å². The molecule has 12 heavy (non-hydrogen) atoms. The second-order valence-electron chi connectivity index (χ2n) is 2.66. The summed E-state index contributed by atoms with van der Waals surface area (Å²) in [5.74, 6) is 0.889. The Morgan fingerprint density at radius 2 is 2.33 bits per heavy atom. The third-order valence-corrected chi connectivity index (χ3v) is 1.81. The first-order chi connectivity index (χ1) is 5.81. The van der Waals surface area contributed by atoms with E-state index < -0.39 is 0 Å². The van der Waals surface area contributed by atoms with Crippen molar-refractivity contribution in [2.75, 3.05) is 12.4 Å². The molecule has 2 aromatic rings. The van der Waals surface area contributed by atoms with Gasteiger partial charge in [0.2, 0.25) is 0 Å². The molecule has 2 rings (SSSR count). The molecule has 0 fully saturated rings. The Labute approximate surface area is 70.2 Å². The van der Waals surface area contributed by atoms with Crippen molar-refractivity contribution in [2.24, 2.45) is 0 Å². The average molecular weight is 162 g/mol. The van der Waals surface area contributed by atoms with E-state index in [1.807, 2.05) is 26.2 Å². The van der Waals surface area contributed by atoms with Crippen LogP contribution in [0.4, 0.5) is 5.82 Å². The van der Waals surface area contributed by atoms with Gasteiger partial charge in [0.25, 0.3) is 0 Å². The van der Waals surface area contributed by atoms with Crippen LogP contribution in [0.25, 0.3) is 5.65 Å². The fourth-order valence-corrected chi connectivity index (χ4v) is 1.19. The summed E-state index contributed by atoms with van der Waals surface area (Å²) < 4.78 is 1.75. The van der Waals surface area contributed by atoms with Gasteiger partial charge >= 0.3 is 0 Å². The molecule has 62 valence electrons. The number of aryl methyl sites for hydroxylation is 1. The minimum absolute atomic E-state index is 0.881. The zero-order valence-electron chi connectivity index (χ0n) is 7.07. The van der Waals surface area contributed by atoms with E-state index in [4.69, 9.17) is 0 Å². The second-order valence-corrected chi connectivity index (χ2v) is 2.66. The van der Waals surface area contributed by atoms with Gasteiger partial charge in [0.15, 0.2) is 5.65 Å². The van der Waals surface area contributed by atoms with E-state index in [0.717, 1.165) is 17.0 Å². The van der Waals surface area contributed by atoms with Gasteiger partial charge in [-0.15, -0.1) is 5.10 Å². The van der Waals surface area contributed by atoms with Gasteiger partial charge < -0.3 is 5.32 Å². The van der Waals surface area contributed by atoms with Crippen molar-refractivity contribution in [3.05, 3.63) is 24.0 Å². The Hall–Kier alpha value is -1.58. The number of hydrogen-bond acceptors (Lipinski definition) is 3. The van der Waals surface area contributed by atoms with Gasteiger partial charge in [0, 0.05) is 19.4 Å². The van der Waals surface area contributed by atoms with Crippen molar-refractivity contribution >= 4 is 11.5 Å². The monoisotopic (exact) mass is 162 g/mol. The Morgan fingerprint density at radius 1 is 1.50 bits per heavy atom. The van der Waals surface area contributed by atoms with Gasteiger partial charge in [-0.3, -0.25) is 0 Å². The molecular formula is C8H10N4. The molecule has 0 saturated carbocycles. The lowest BCUT2D eigenvalue weighted by Gasteiger charge is -2.03. The van der Waals surface area contributed by atoms with E-state index in [1.54, 1.807) is 10.7 Å². The summed E-state index contributed by atoms with van der Waals surface area (Å²) in [7, 11) is 1.86. The maximum atomic E-state index is 4.30. The Kier molecular flexibility index (Phi) is 1.46. The zero-order valence-corrected chi connectivity index (χ0v) is 7.07. The van der Waals surface area contributed by atoms with E-state index in [0.29, 0.717) is 0 Å². The molecule has 4 heteroatoms. The van der Waals surface area contributed by atoms with Crippen LogP contribution >= 0.6 is 0 Å². The van der Waals surface area contributed by atoms with E-state index >= 15 is 0 Å². The summed E-state index contributed by atoms with van der Waals surface area (Å²) in [6.07, 6.45) is 3.57.